The van der Waals surface area contributed by atoms with Gasteiger partial charge in [-0.2, -0.15) is 0 Å². The lowest BCUT2D eigenvalue weighted by Gasteiger charge is -2.33. The second kappa shape index (κ2) is 6.71. The van der Waals surface area contributed by atoms with Gasteiger partial charge in [0.15, 0.2) is 0 Å². The molecule has 1 atom stereocenters. The molecule has 1 aliphatic rings. The predicted octanol–water partition coefficient (Wildman–Crippen LogP) is 1.74. The number of primary amides is 1. The number of carbonyl (C=O) groups excluding carboxylic acids is 1. The van der Waals surface area contributed by atoms with Gasteiger partial charge in [-0.05, 0) is 46.0 Å². The van der Waals surface area contributed by atoms with E-state index in [1.165, 1.54) is 12.8 Å². The molecule has 1 saturated carbocycles. The zero-order valence-corrected chi connectivity index (χ0v) is 13.2. The number of hydrogen-bond acceptors (Lipinski definition) is 3. The molecule has 1 rings (SSSR count). The standard InChI is InChI=1S/C15H31N3O/c1-11(2)10-18(13-6-7-13)9-8-15(5,14(16)19)17-12(3)4/h11-13,17H,6-10H2,1-5H3,(H2,16,19). The van der Waals surface area contributed by atoms with Gasteiger partial charge in [-0.25, -0.2) is 0 Å². The van der Waals surface area contributed by atoms with Crippen LogP contribution in [0.1, 0.15) is 53.9 Å². The van der Waals surface area contributed by atoms with Gasteiger partial charge in [0.2, 0.25) is 5.91 Å². The fourth-order valence-corrected chi connectivity index (χ4v) is 2.60. The van der Waals surface area contributed by atoms with Crippen LogP contribution in [0.2, 0.25) is 0 Å². The molecule has 1 unspecified atom stereocenters. The summed E-state index contributed by atoms with van der Waals surface area (Å²) in [6, 6.07) is 0.996. The van der Waals surface area contributed by atoms with Gasteiger partial charge in [0.25, 0.3) is 0 Å². The molecule has 19 heavy (non-hydrogen) atoms. The number of hydrogen-bond donors (Lipinski definition) is 2. The molecule has 0 heterocycles. The molecule has 0 aliphatic heterocycles. The Morgan fingerprint density at radius 3 is 2.32 bits per heavy atom. The largest absolute Gasteiger partial charge is 0.368 e. The molecule has 1 aliphatic carbocycles. The summed E-state index contributed by atoms with van der Waals surface area (Å²) in [4.78, 5) is 14.2. The highest BCUT2D eigenvalue weighted by molar-refractivity contribution is 5.84. The van der Waals surface area contributed by atoms with Crippen LogP contribution < -0.4 is 11.1 Å². The Labute approximate surface area is 118 Å². The monoisotopic (exact) mass is 269 g/mol. The van der Waals surface area contributed by atoms with Crippen molar-refractivity contribution in [1.29, 1.82) is 0 Å². The van der Waals surface area contributed by atoms with Gasteiger partial charge in [-0.15, -0.1) is 0 Å². The maximum Gasteiger partial charge on any atom is 0.237 e. The molecular formula is C15H31N3O. The van der Waals surface area contributed by atoms with Crippen molar-refractivity contribution in [3.8, 4) is 0 Å². The first-order chi connectivity index (χ1) is 8.74. The Morgan fingerprint density at radius 2 is 1.95 bits per heavy atom. The van der Waals surface area contributed by atoms with Crippen molar-refractivity contribution in [3.05, 3.63) is 0 Å². The first-order valence-corrected chi connectivity index (χ1v) is 7.56. The molecule has 0 bridgehead atoms. The lowest BCUT2D eigenvalue weighted by molar-refractivity contribution is -0.124. The van der Waals surface area contributed by atoms with Gasteiger partial charge in [0.05, 0.1) is 5.54 Å². The third kappa shape index (κ3) is 5.49. The van der Waals surface area contributed by atoms with Gasteiger partial charge in [0, 0.05) is 25.2 Å². The molecule has 0 spiro atoms. The Hall–Kier alpha value is -0.610. The van der Waals surface area contributed by atoms with Crippen molar-refractivity contribution in [1.82, 2.24) is 10.2 Å². The minimum Gasteiger partial charge on any atom is -0.368 e. The van der Waals surface area contributed by atoms with Gasteiger partial charge in [-0.1, -0.05) is 13.8 Å². The van der Waals surface area contributed by atoms with Gasteiger partial charge < -0.3 is 16.0 Å². The minimum absolute atomic E-state index is 0.249. The van der Waals surface area contributed by atoms with Crippen LogP contribution in [0.25, 0.3) is 0 Å². The molecule has 4 heteroatoms. The third-order valence-corrected chi connectivity index (χ3v) is 3.71. The average Bonchev–Trinajstić information content (AvgIpc) is 3.06. The van der Waals surface area contributed by atoms with E-state index in [2.05, 4.69) is 24.1 Å². The highest BCUT2D eigenvalue weighted by Crippen LogP contribution is 2.28. The van der Waals surface area contributed by atoms with Crippen LogP contribution in [-0.4, -0.2) is 41.5 Å². The second-order valence-electron chi connectivity index (χ2n) is 6.87. The molecule has 3 N–H and O–H groups in total. The van der Waals surface area contributed by atoms with Crippen LogP contribution in [0, 0.1) is 5.92 Å². The molecule has 0 aromatic heterocycles. The lowest BCUT2D eigenvalue weighted by atomic mass is 9.95. The molecule has 4 nitrogen and oxygen atoms in total. The number of nitrogens with zero attached hydrogens (tertiary/aromatic N) is 1. The van der Waals surface area contributed by atoms with Crippen LogP contribution in [0.3, 0.4) is 0 Å². The third-order valence-electron chi connectivity index (χ3n) is 3.71. The summed E-state index contributed by atoms with van der Waals surface area (Å²) in [5.41, 5.74) is 4.98. The fourth-order valence-electron chi connectivity index (χ4n) is 2.60. The summed E-state index contributed by atoms with van der Waals surface area (Å²) in [5.74, 6) is 0.417. The summed E-state index contributed by atoms with van der Waals surface area (Å²) in [5, 5.41) is 3.32. The van der Waals surface area contributed by atoms with Crippen molar-refractivity contribution in [3.63, 3.8) is 0 Å². The van der Waals surface area contributed by atoms with Crippen molar-refractivity contribution >= 4 is 5.91 Å². The first kappa shape index (κ1) is 16.4. The Kier molecular flexibility index (Phi) is 5.81. The SMILES string of the molecule is CC(C)CN(CCC(C)(NC(C)C)C(N)=O)C1CC1. The van der Waals surface area contributed by atoms with Crippen molar-refractivity contribution in [2.45, 2.75) is 71.5 Å². The van der Waals surface area contributed by atoms with Gasteiger partial charge >= 0.3 is 0 Å². The quantitative estimate of drug-likeness (QED) is 0.670. The normalized spacial score (nSPS) is 19.2. The molecule has 1 fully saturated rings. The highest BCUT2D eigenvalue weighted by Gasteiger charge is 2.35. The number of nitrogens with one attached hydrogen (secondary N) is 1. The van der Waals surface area contributed by atoms with E-state index >= 15 is 0 Å². The van der Waals surface area contributed by atoms with E-state index in [0.717, 1.165) is 25.6 Å². The van der Waals surface area contributed by atoms with E-state index in [1.54, 1.807) is 0 Å². The van der Waals surface area contributed by atoms with Crippen LogP contribution in [0.15, 0.2) is 0 Å². The van der Waals surface area contributed by atoms with E-state index in [9.17, 15) is 4.79 Å². The molecule has 0 radical (unpaired) electrons. The number of carbonyl (C=O) groups is 1. The first-order valence-electron chi connectivity index (χ1n) is 7.56. The summed E-state index contributed by atoms with van der Waals surface area (Å²) < 4.78 is 0. The van der Waals surface area contributed by atoms with Crippen LogP contribution in [0.4, 0.5) is 0 Å². The highest BCUT2D eigenvalue weighted by atomic mass is 16.1. The molecule has 0 aromatic rings. The topological polar surface area (TPSA) is 58.4 Å². The summed E-state index contributed by atoms with van der Waals surface area (Å²) in [6.07, 6.45) is 3.39. The molecular weight excluding hydrogens is 238 g/mol. The van der Waals surface area contributed by atoms with Crippen LogP contribution in [0.5, 0.6) is 0 Å². The van der Waals surface area contributed by atoms with Crippen LogP contribution >= 0.6 is 0 Å². The molecule has 0 aromatic carbocycles. The maximum atomic E-state index is 11.7. The fraction of sp³-hybridized carbons (Fsp3) is 0.933. The molecule has 112 valence electrons. The van der Waals surface area contributed by atoms with Crippen molar-refractivity contribution < 1.29 is 4.79 Å². The van der Waals surface area contributed by atoms with Gasteiger partial charge in [0.1, 0.15) is 0 Å². The Balaban J connectivity index is 2.55. The van der Waals surface area contributed by atoms with E-state index in [4.69, 9.17) is 5.73 Å². The van der Waals surface area contributed by atoms with E-state index < -0.39 is 5.54 Å². The zero-order valence-electron chi connectivity index (χ0n) is 13.2. The summed E-state index contributed by atoms with van der Waals surface area (Å²) >= 11 is 0. The number of amides is 1. The smallest absolute Gasteiger partial charge is 0.237 e. The minimum atomic E-state index is -0.599. The lowest BCUT2D eigenvalue weighted by Crippen LogP contribution is -2.57. The Bertz CT molecular complexity index is 300. The second-order valence-corrected chi connectivity index (χ2v) is 6.87. The predicted molar refractivity (Wildman–Crippen MR) is 79.9 cm³/mol. The van der Waals surface area contributed by atoms with E-state index in [1.807, 2.05) is 20.8 Å². The Morgan fingerprint density at radius 1 is 1.37 bits per heavy atom. The molecule has 0 saturated heterocycles. The van der Waals surface area contributed by atoms with E-state index in [0.29, 0.717) is 5.92 Å². The molecule has 1 amide bonds. The van der Waals surface area contributed by atoms with Crippen molar-refractivity contribution in [2.24, 2.45) is 11.7 Å². The van der Waals surface area contributed by atoms with Crippen LogP contribution in [-0.2, 0) is 4.79 Å². The van der Waals surface area contributed by atoms with Crippen molar-refractivity contribution in [2.75, 3.05) is 13.1 Å². The summed E-state index contributed by atoms with van der Waals surface area (Å²) in [7, 11) is 0. The average molecular weight is 269 g/mol. The zero-order chi connectivity index (χ0) is 14.6. The van der Waals surface area contributed by atoms with E-state index in [-0.39, 0.29) is 11.9 Å². The van der Waals surface area contributed by atoms with Gasteiger partial charge in [-0.3, -0.25) is 4.79 Å². The number of rotatable bonds is 9. The number of nitrogens with two attached hydrogens (primary N) is 1. The maximum absolute atomic E-state index is 11.7. The summed E-state index contributed by atoms with van der Waals surface area (Å²) in [6.45, 7) is 12.6.